The van der Waals surface area contributed by atoms with Gasteiger partial charge in [0.1, 0.15) is 11.5 Å². The van der Waals surface area contributed by atoms with Gasteiger partial charge in [0.15, 0.2) is 0 Å². The third-order valence-corrected chi connectivity index (χ3v) is 3.00. The third kappa shape index (κ3) is 2.21. The number of hydrogen-bond acceptors (Lipinski definition) is 3. The van der Waals surface area contributed by atoms with Gasteiger partial charge in [-0.15, -0.1) is 0 Å². The average Bonchev–Trinajstić information content (AvgIpc) is 2.71. The zero-order chi connectivity index (χ0) is 11.5. The van der Waals surface area contributed by atoms with Crippen LogP contribution in [-0.4, -0.2) is 11.7 Å². The molecular formula is C11H10Cl2N2O. The maximum atomic E-state index is 6.08. The molecule has 16 heavy (non-hydrogen) atoms. The molecule has 2 aromatic rings. The highest BCUT2D eigenvalue weighted by Crippen LogP contribution is 2.32. The van der Waals surface area contributed by atoms with E-state index in [0.29, 0.717) is 28.7 Å². The Hall–Kier alpha value is -1.03. The summed E-state index contributed by atoms with van der Waals surface area (Å²) in [6.45, 7) is 0.526. The van der Waals surface area contributed by atoms with Gasteiger partial charge in [-0.1, -0.05) is 40.5 Å². The molecule has 0 spiro atoms. The third-order valence-electron chi connectivity index (χ3n) is 2.18. The van der Waals surface area contributed by atoms with Crippen molar-refractivity contribution >= 4 is 23.2 Å². The fraction of sp³-hybridized carbons (Fsp3) is 0.182. The van der Waals surface area contributed by atoms with E-state index in [2.05, 4.69) is 5.16 Å². The molecule has 0 aliphatic carbocycles. The van der Waals surface area contributed by atoms with E-state index in [0.717, 1.165) is 11.3 Å². The summed E-state index contributed by atoms with van der Waals surface area (Å²) in [6.07, 6.45) is 0.658. The van der Waals surface area contributed by atoms with Crippen LogP contribution in [0.1, 0.15) is 5.76 Å². The first-order valence-corrected chi connectivity index (χ1v) is 5.58. The molecule has 1 aromatic heterocycles. The second kappa shape index (κ2) is 4.87. The summed E-state index contributed by atoms with van der Waals surface area (Å²) >= 11 is 12.0. The van der Waals surface area contributed by atoms with Crippen molar-refractivity contribution in [3.63, 3.8) is 0 Å². The summed E-state index contributed by atoms with van der Waals surface area (Å²) in [5.41, 5.74) is 6.87. The SMILES string of the molecule is NCCc1cc(-c2cccc(Cl)c2Cl)no1. The normalized spacial score (nSPS) is 10.7. The summed E-state index contributed by atoms with van der Waals surface area (Å²) in [6, 6.07) is 7.22. The summed E-state index contributed by atoms with van der Waals surface area (Å²) in [5, 5.41) is 4.92. The lowest BCUT2D eigenvalue weighted by Gasteiger charge is -2.00. The Morgan fingerprint density at radius 3 is 2.88 bits per heavy atom. The molecule has 0 aliphatic rings. The van der Waals surface area contributed by atoms with Crippen molar-refractivity contribution < 1.29 is 4.52 Å². The van der Waals surface area contributed by atoms with Gasteiger partial charge in [0.25, 0.3) is 0 Å². The van der Waals surface area contributed by atoms with Crippen LogP contribution in [0.3, 0.4) is 0 Å². The lowest BCUT2D eigenvalue weighted by Crippen LogP contribution is -2.01. The first-order chi connectivity index (χ1) is 7.72. The van der Waals surface area contributed by atoms with Gasteiger partial charge in [-0.2, -0.15) is 0 Å². The molecule has 5 heteroatoms. The van der Waals surface area contributed by atoms with E-state index in [1.165, 1.54) is 0 Å². The number of nitrogens with zero attached hydrogens (tertiary/aromatic N) is 1. The highest BCUT2D eigenvalue weighted by molar-refractivity contribution is 6.43. The largest absolute Gasteiger partial charge is 0.361 e. The van der Waals surface area contributed by atoms with Gasteiger partial charge in [-0.25, -0.2) is 0 Å². The minimum atomic E-state index is 0.483. The minimum absolute atomic E-state index is 0.483. The molecule has 0 unspecified atom stereocenters. The smallest absolute Gasteiger partial charge is 0.138 e. The highest BCUT2D eigenvalue weighted by Gasteiger charge is 2.11. The van der Waals surface area contributed by atoms with E-state index < -0.39 is 0 Å². The Morgan fingerprint density at radius 1 is 1.31 bits per heavy atom. The Labute approximate surface area is 103 Å². The maximum absolute atomic E-state index is 6.08. The molecule has 0 amide bonds. The number of halogens is 2. The molecule has 0 saturated carbocycles. The molecule has 0 saturated heterocycles. The first kappa shape index (κ1) is 11.5. The fourth-order valence-electron chi connectivity index (χ4n) is 1.40. The molecule has 1 aromatic carbocycles. The lowest BCUT2D eigenvalue weighted by molar-refractivity contribution is 0.386. The summed E-state index contributed by atoms with van der Waals surface area (Å²) in [4.78, 5) is 0. The van der Waals surface area contributed by atoms with E-state index >= 15 is 0 Å². The van der Waals surface area contributed by atoms with Crippen molar-refractivity contribution in [2.45, 2.75) is 6.42 Å². The zero-order valence-electron chi connectivity index (χ0n) is 8.41. The Morgan fingerprint density at radius 2 is 2.12 bits per heavy atom. The minimum Gasteiger partial charge on any atom is -0.361 e. The number of hydrogen-bond donors (Lipinski definition) is 1. The van der Waals surface area contributed by atoms with E-state index in [4.69, 9.17) is 33.5 Å². The van der Waals surface area contributed by atoms with Gasteiger partial charge in [0, 0.05) is 18.1 Å². The Bertz CT molecular complexity index is 496. The van der Waals surface area contributed by atoms with Crippen LogP contribution in [0.25, 0.3) is 11.3 Å². The van der Waals surface area contributed by atoms with Crippen LogP contribution < -0.4 is 5.73 Å². The van der Waals surface area contributed by atoms with Crippen LogP contribution in [0.15, 0.2) is 28.8 Å². The molecule has 0 radical (unpaired) electrons. The van der Waals surface area contributed by atoms with Crippen molar-refractivity contribution in [3.05, 3.63) is 40.1 Å². The van der Waals surface area contributed by atoms with Gasteiger partial charge < -0.3 is 10.3 Å². The van der Waals surface area contributed by atoms with Crippen LogP contribution in [0.4, 0.5) is 0 Å². The van der Waals surface area contributed by atoms with Crippen molar-refractivity contribution in [3.8, 4) is 11.3 Å². The summed E-state index contributed by atoms with van der Waals surface area (Å²) < 4.78 is 5.12. The molecule has 2 N–H and O–H groups in total. The van der Waals surface area contributed by atoms with Crippen LogP contribution in [0.2, 0.25) is 10.0 Å². The van der Waals surface area contributed by atoms with E-state index in [1.54, 1.807) is 6.07 Å². The molecule has 0 fully saturated rings. The quantitative estimate of drug-likeness (QED) is 0.918. The predicted molar refractivity (Wildman–Crippen MR) is 64.7 cm³/mol. The van der Waals surface area contributed by atoms with Crippen molar-refractivity contribution in [1.82, 2.24) is 5.16 Å². The molecule has 0 aliphatic heterocycles. The standard InChI is InChI=1S/C11H10Cl2N2O/c12-9-3-1-2-8(11(9)13)10-6-7(4-5-14)16-15-10/h1-3,6H,4-5,14H2. The summed E-state index contributed by atoms with van der Waals surface area (Å²) in [7, 11) is 0. The predicted octanol–water partition coefficient (Wildman–Crippen LogP) is 3.15. The monoisotopic (exact) mass is 256 g/mol. The molecule has 1 heterocycles. The molecule has 2 rings (SSSR count). The second-order valence-electron chi connectivity index (χ2n) is 3.32. The molecule has 3 nitrogen and oxygen atoms in total. The molecule has 0 bridgehead atoms. The van der Waals surface area contributed by atoms with E-state index in [-0.39, 0.29) is 0 Å². The maximum Gasteiger partial charge on any atom is 0.138 e. The molecule has 84 valence electrons. The van der Waals surface area contributed by atoms with Crippen LogP contribution in [0.5, 0.6) is 0 Å². The van der Waals surface area contributed by atoms with Gasteiger partial charge >= 0.3 is 0 Å². The number of nitrogens with two attached hydrogens (primary N) is 1. The van der Waals surface area contributed by atoms with Crippen molar-refractivity contribution in [2.75, 3.05) is 6.54 Å². The molecular weight excluding hydrogens is 247 g/mol. The topological polar surface area (TPSA) is 52.0 Å². The first-order valence-electron chi connectivity index (χ1n) is 4.82. The number of aromatic nitrogens is 1. The van der Waals surface area contributed by atoms with Gasteiger partial charge in [0.05, 0.1) is 10.0 Å². The second-order valence-corrected chi connectivity index (χ2v) is 4.10. The lowest BCUT2D eigenvalue weighted by atomic mass is 10.1. The van der Waals surface area contributed by atoms with Crippen LogP contribution in [0, 0.1) is 0 Å². The fourth-order valence-corrected chi connectivity index (χ4v) is 1.80. The van der Waals surface area contributed by atoms with E-state index in [9.17, 15) is 0 Å². The Balaban J connectivity index is 2.39. The Kier molecular flexibility index (Phi) is 3.49. The van der Waals surface area contributed by atoms with Gasteiger partial charge in [0.2, 0.25) is 0 Å². The average molecular weight is 257 g/mol. The molecule has 0 atom stereocenters. The highest BCUT2D eigenvalue weighted by atomic mass is 35.5. The van der Waals surface area contributed by atoms with Crippen LogP contribution in [-0.2, 0) is 6.42 Å². The number of rotatable bonds is 3. The van der Waals surface area contributed by atoms with Crippen molar-refractivity contribution in [2.24, 2.45) is 5.73 Å². The van der Waals surface area contributed by atoms with Crippen molar-refractivity contribution in [1.29, 1.82) is 0 Å². The van der Waals surface area contributed by atoms with E-state index in [1.807, 2.05) is 18.2 Å². The van der Waals surface area contributed by atoms with Gasteiger partial charge in [-0.05, 0) is 12.6 Å². The summed E-state index contributed by atoms with van der Waals surface area (Å²) in [5.74, 6) is 0.744. The zero-order valence-corrected chi connectivity index (χ0v) is 9.92. The van der Waals surface area contributed by atoms with Crippen LogP contribution >= 0.6 is 23.2 Å². The van der Waals surface area contributed by atoms with Gasteiger partial charge in [-0.3, -0.25) is 0 Å². The number of benzene rings is 1.